The van der Waals surface area contributed by atoms with Crippen molar-refractivity contribution in [2.75, 3.05) is 0 Å². The van der Waals surface area contributed by atoms with Gasteiger partial charge in [-0.1, -0.05) is 60.7 Å². The Balaban J connectivity index is 2.15. The largest absolute Gasteiger partial charge is 0.333 e. The van der Waals surface area contributed by atoms with Crippen LogP contribution < -0.4 is 0 Å². The van der Waals surface area contributed by atoms with Gasteiger partial charge in [0.15, 0.2) is 11.6 Å². The van der Waals surface area contributed by atoms with Crippen molar-refractivity contribution >= 4 is 17.3 Å². The van der Waals surface area contributed by atoms with Crippen molar-refractivity contribution in [3.63, 3.8) is 0 Å². The molecule has 132 valence electrons. The van der Waals surface area contributed by atoms with Crippen LogP contribution in [0.1, 0.15) is 49.3 Å². The second-order valence-corrected chi connectivity index (χ2v) is 6.47. The van der Waals surface area contributed by atoms with E-state index in [-0.39, 0.29) is 28.6 Å². The lowest BCUT2D eigenvalue weighted by molar-refractivity contribution is 0.0966. The number of Topliss-reactive ketones (excluding diaryl/α,β-unsaturated/α-hetero) is 1. The summed E-state index contributed by atoms with van der Waals surface area (Å²) in [4.78, 5) is 39.1. The normalized spacial score (nSPS) is 12.5. The minimum absolute atomic E-state index is 0.201. The molecule has 1 aromatic heterocycles. The minimum Gasteiger partial charge on any atom is -0.333 e. The van der Waals surface area contributed by atoms with Crippen LogP contribution in [0.5, 0.6) is 0 Å². The number of hydrogen-bond acceptors (Lipinski definition) is 3. The Kier molecular flexibility index (Phi) is 3.96. The van der Waals surface area contributed by atoms with Crippen LogP contribution in [0, 0.1) is 0 Å². The van der Waals surface area contributed by atoms with E-state index in [1.165, 1.54) is 6.92 Å². The summed E-state index contributed by atoms with van der Waals surface area (Å²) in [5.74, 6) is -0.773. The predicted molar refractivity (Wildman–Crippen MR) is 103 cm³/mol. The number of carbonyl (C=O) groups excluding carboxylic acids is 3. The molecule has 0 bridgehead atoms. The van der Waals surface area contributed by atoms with Crippen LogP contribution in [0.15, 0.2) is 67.3 Å². The smallest absolute Gasteiger partial charge is 0.210 e. The van der Waals surface area contributed by atoms with Gasteiger partial charge in [0.05, 0.1) is 16.8 Å². The monoisotopic (exact) mass is 355 g/mol. The lowest BCUT2D eigenvalue weighted by Gasteiger charge is -2.17. The molecule has 0 radical (unpaired) electrons. The number of rotatable bonds is 4. The molecule has 0 N–H and O–H groups in total. The van der Waals surface area contributed by atoms with Crippen molar-refractivity contribution in [3.05, 3.63) is 95.2 Å². The molecule has 3 aromatic rings. The zero-order chi connectivity index (χ0) is 19.1. The molecule has 0 spiro atoms. The lowest BCUT2D eigenvalue weighted by atomic mass is 9.85. The molecular weight excluding hydrogens is 338 g/mol. The van der Waals surface area contributed by atoms with Crippen LogP contribution in [0.4, 0.5) is 0 Å². The summed E-state index contributed by atoms with van der Waals surface area (Å²) in [5.41, 5.74) is 2.84. The molecule has 4 nitrogen and oxygen atoms in total. The molecule has 0 unspecified atom stereocenters. The fraction of sp³-hybridized carbons (Fsp3) is 0.0870. The fourth-order valence-electron chi connectivity index (χ4n) is 3.77. The predicted octanol–water partition coefficient (Wildman–Crippen LogP) is 4.32. The van der Waals surface area contributed by atoms with Crippen LogP contribution in [-0.2, 0) is 6.54 Å². The van der Waals surface area contributed by atoms with Gasteiger partial charge in [0.2, 0.25) is 5.78 Å². The highest BCUT2D eigenvalue weighted by atomic mass is 16.1. The molecule has 1 aliphatic carbocycles. The topological polar surface area (TPSA) is 56.1 Å². The molecule has 4 heteroatoms. The van der Waals surface area contributed by atoms with Gasteiger partial charge >= 0.3 is 0 Å². The summed E-state index contributed by atoms with van der Waals surface area (Å²) < 4.78 is 1.74. The van der Waals surface area contributed by atoms with Crippen molar-refractivity contribution in [1.29, 1.82) is 0 Å². The van der Waals surface area contributed by atoms with E-state index in [9.17, 15) is 14.4 Å². The number of aromatic nitrogens is 1. The molecule has 0 saturated carbocycles. The van der Waals surface area contributed by atoms with Crippen molar-refractivity contribution in [1.82, 2.24) is 4.57 Å². The van der Waals surface area contributed by atoms with Crippen LogP contribution in [-0.4, -0.2) is 21.9 Å². The van der Waals surface area contributed by atoms with E-state index in [0.29, 0.717) is 28.9 Å². The zero-order valence-corrected chi connectivity index (χ0v) is 14.9. The van der Waals surface area contributed by atoms with Gasteiger partial charge in [0.25, 0.3) is 0 Å². The number of carbonyl (C=O) groups is 3. The third-order valence-corrected chi connectivity index (χ3v) is 4.83. The van der Waals surface area contributed by atoms with Gasteiger partial charge in [0, 0.05) is 17.7 Å². The highest BCUT2D eigenvalue weighted by molar-refractivity contribution is 6.31. The summed E-state index contributed by atoms with van der Waals surface area (Å²) in [6, 6.07) is 16.1. The van der Waals surface area contributed by atoms with Gasteiger partial charge in [-0.3, -0.25) is 14.4 Å². The van der Waals surface area contributed by atoms with Gasteiger partial charge in [-0.25, -0.2) is 0 Å². The van der Waals surface area contributed by atoms with Crippen molar-refractivity contribution in [2.24, 2.45) is 0 Å². The van der Waals surface area contributed by atoms with E-state index in [2.05, 4.69) is 6.58 Å². The second-order valence-electron chi connectivity index (χ2n) is 6.47. The molecular formula is C23H17NO3. The Bertz CT molecular complexity index is 1120. The SMILES string of the molecule is C=CCn1c2c(c(C(C)=O)c1-c1ccccc1)C(=O)c1ccccc1C2=O. The highest BCUT2D eigenvalue weighted by Gasteiger charge is 2.38. The van der Waals surface area contributed by atoms with E-state index in [0.717, 1.165) is 5.56 Å². The quantitative estimate of drug-likeness (QED) is 0.405. The number of fused-ring (bicyclic) bond motifs is 2. The van der Waals surface area contributed by atoms with E-state index >= 15 is 0 Å². The summed E-state index contributed by atoms with van der Waals surface area (Å²) in [5, 5.41) is 0. The van der Waals surface area contributed by atoms with Gasteiger partial charge in [-0.05, 0) is 12.5 Å². The lowest BCUT2D eigenvalue weighted by Crippen LogP contribution is -2.23. The van der Waals surface area contributed by atoms with Crippen LogP contribution in [0.25, 0.3) is 11.3 Å². The second kappa shape index (κ2) is 6.32. The Morgan fingerprint density at radius 3 is 2.11 bits per heavy atom. The van der Waals surface area contributed by atoms with Crippen LogP contribution in [0.3, 0.4) is 0 Å². The first-order valence-electron chi connectivity index (χ1n) is 8.68. The molecule has 27 heavy (non-hydrogen) atoms. The number of benzene rings is 2. The number of nitrogens with zero attached hydrogens (tertiary/aromatic N) is 1. The maximum absolute atomic E-state index is 13.2. The van der Waals surface area contributed by atoms with Gasteiger partial charge in [-0.15, -0.1) is 6.58 Å². The Morgan fingerprint density at radius 1 is 0.926 bits per heavy atom. The molecule has 0 saturated heterocycles. The Morgan fingerprint density at radius 2 is 1.52 bits per heavy atom. The standard InChI is InChI=1S/C23H17NO3/c1-3-13-24-20(15-9-5-4-6-10-15)18(14(2)25)19-21(24)23(27)17-12-8-7-11-16(17)22(19)26/h3-12H,1,13H2,2H3. The highest BCUT2D eigenvalue weighted by Crippen LogP contribution is 2.38. The average molecular weight is 355 g/mol. The molecule has 1 aliphatic rings. The Labute approximate surface area is 156 Å². The first kappa shape index (κ1) is 16.9. The molecule has 0 fully saturated rings. The van der Waals surface area contributed by atoms with E-state index in [1.54, 1.807) is 34.9 Å². The van der Waals surface area contributed by atoms with Gasteiger partial charge in [0.1, 0.15) is 5.69 Å². The molecule has 0 aliphatic heterocycles. The van der Waals surface area contributed by atoms with E-state index in [4.69, 9.17) is 0 Å². The minimum atomic E-state index is -0.287. The third kappa shape index (κ3) is 2.41. The molecule has 4 rings (SSSR count). The maximum atomic E-state index is 13.2. The summed E-state index contributed by atoms with van der Waals surface area (Å²) in [7, 11) is 0. The van der Waals surface area contributed by atoms with Crippen molar-refractivity contribution < 1.29 is 14.4 Å². The number of ketones is 3. The molecule has 0 atom stereocenters. The fourth-order valence-corrected chi connectivity index (χ4v) is 3.77. The van der Waals surface area contributed by atoms with Crippen LogP contribution >= 0.6 is 0 Å². The first-order chi connectivity index (χ1) is 13.1. The van der Waals surface area contributed by atoms with Gasteiger partial charge < -0.3 is 4.57 Å². The first-order valence-corrected chi connectivity index (χ1v) is 8.68. The number of hydrogen-bond donors (Lipinski definition) is 0. The van der Waals surface area contributed by atoms with E-state index in [1.807, 2.05) is 30.3 Å². The summed E-state index contributed by atoms with van der Waals surface area (Å²) in [6.07, 6.45) is 1.66. The third-order valence-electron chi connectivity index (χ3n) is 4.83. The van der Waals surface area contributed by atoms with Crippen molar-refractivity contribution in [3.8, 4) is 11.3 Å². The summed E-state index contributed by atoms with van der Waals surface area (Å²) in [6.45, 7) is 5.53. The summed E-state index contributed by atoms with van der Waals surface area (Å²) >= 11 is 0. The average Bonchev–Trinajstić information content (AvgIpc) is 3.03. The zero-order valence-electron chi connectivity index (χ0n) is 14.9. The van der Waals surface area contributed by atoms with E-state index < -0.39 is 0 Å². The molecule has 1 heterocycles. The Hall–Kier alpha value is -3.53. The maximum Gasteiger partial charge on any atom is 0.210 e. The molecule has 2 aromatic carbocycles. The van der Waals surface area contributed by atoms with Crippen molar-refractivity contribution in [2.45, 2.75) is 13.5 Å². The van der Waals surface area contributed by atoms with Gasteiger partial charge in [-0.2, -0.15) is 0 Å². The number of allylic oxidation sites excluding steroid dienone is 1. The molecule has 0 amide bonds. The van der Waals surface area contributed by atoms with Crippen LogP contribution in [0.2, 0.25) is 0 Å².